The lowest BCUT2D eigenvalue weighted by atomic mass is 10.1. The molecular formula is C24H21N3O4. The van der Waals surface area contributed by atoms with Crippen LogP contribution in [-0.2, 0) is 11.4 Å². The summed E-state index contributed by atoms with van der Waals surface area (Å²) in [6.45, 7) is 1.97. The molecule has 31 heavy (non-hydrogen) atoms. The number of nitrogen functional groups attached to an aromatic ring is 1. The molecule has 4 N–H and O–H groups in total. The van der Waals surface area contributed by atoms with Crippen LogP contribution in [0.1, 0.15) is 27.4 Å². The molecule has 0 bridgehead atoms. The van der Waals surface area contributed by atoms with E-state index in [4.69, 9.17) is 25.5 Å². The van der Waals surface area contributed by atoms with Crippen LogP contribution in [0.3, 0.4) is 0 Å². The molecule has 0 unspecified atom stereocenters. The van der Waals surface area contributed by atoms with Crippen LogP contribution in [0.15, 0.2) is 82.4 Å². The van der Waals surface area contributed by atoms with Crippen molar-refractivity contribution in [3.05, 3.63) is 95.4 Å². The summed E-state index contributed by atoms with van der Waals surface area (Å²) in [4.78, 5) is 17.2. The molecule has 0 aliphatic rings. The molecule has 0 saturated carbocycles. The maximum absolute atomic E-state index is 12.3. The monoisotopic (exact) mass is 415 g/mol. The Balaban J connectivity index is 1.41. The van der Waals surface area contributed by atoms with E-state index in [1.807, 2.05) is 49.4 Å². The minimum Gasteiger partial charge on any atom is -0.485 e. The Morgan fingerprint density at radius 2 is 1.77 bits per heavy atom. The fourth-order valence-corrected chi connectivity index (χ4v) is 3.15. The van der Waals surface area contributed by atoms with Gasteiger partial charge in [-0.15, -0.1) is 0 Å². The smallest absolute Gasteiger partial charge is 0.400 e. The molecule has 0 radical (unpaired) electrons. The number of rotatable bonds is 6. The quantitative estimate of drug-likeness (QED) is 0.159. The molecule has 4 rings (SSSR count). The van der Waals surface area contributed by atoms with Gasteiger partial charge in [-0.3, -0.25) is 0 Å². The Kier molecular flexibility index (Phi) is 5.57. The minimum absolute atomic E-state index is 0.00244. The van der Waals surface area contributed by atoms with Crippen molar-refractivity contribution in [1.82, 2.24) is 0 Å². The standard InChI is InChI=1S/C24H21N3O4/c1-15-18(9-5-10-20(15)25)23(26)27-31-24(28)22-13-12-17(30-22)14-29-21-11-4-7-16-6-2-3-8-19(16)21/h2-13H,14,25H2,1H3,(H2,26,27). The van der Waals surface area contributed by atoms with Crippen LogP contribution in [0.25, 0.3) is 10.8 Å². The van der Waals surface area contributed by atoms with E-state index in [2.05, 4.69) is 5.16 Å². The fourth-order valence-electron chi connectivity index (χ4n) is 3.15. The molecule has 3 aromatic carbocycles. The number of hydrogen-bond donors (Lipinski definition) is 2. The second-order valence-corrected chi connectivity index (χ2v) is 6.91. The molecule has 0 atom stereocenters. The molecule has 1 heterocycles. The third kappa shape index (κ3) is 4.35. The summed E-state index contributed by atoms with van der Waals surface area (Å²) in [5.74, 6) is 0.486. The Morgan fingerprint density at radius 3 is 2.65 bits per heavy atom. The summed E-state index contributed by atoms with van der Waals surface area (Å²) in [6, 6.07) is 22.1. The lowest BCUT2D eigenvalue weighted by Gasteiger charge is -2.08. The first-order chi connectivity index (χ1) is 15.0. The highest BCUT2D eigenvalue weighted by molar-refractivity contribution is 6.00. The number of benzene rings is 3. The van der Waals surface area contributed by atoms with E-state index in [1.165, 1.54) is 6.07 Å². The normalized spacial score (nSPS) is 11.5. The van der Waals surface area contributed by atoms with E-state index in [1.54, 1.807) is 24.3 Å². The maximum atomic E-state index is 12.3. The van der Waals surface area contributed by atoms with Gasteiger partial charge in [0.15, 0.2) is 5.84 Å². The number of anilines is 1. The first-order valence-corrected chi connectivity index (χ1v) is 9.62. The van der Waals surface area contributed by atoms with E-state index < -0.39 is 5.97 Å². The number of amidine groups is 1. The molecule has 4 aromatic rings. The topological polar surface area (TPSA) is 113 Å². The van der Waals surface area contributed by atoms with Crippen molar-refractivity contribution in [2.45, 2.75) is 13.5 Å². The van der Waals surface area contributed by atoms with Crippen LogP contribution >= 0.6 is 0 Å². The number of nitrogens with zero attached hydrogens (tertiary/aromatic N) is 1. The number of furan rings is 1. The molecule has 1 aromatic heterocycles. The van der Waals surface area contributed by atoms with Crippen molar-refractivity contribution >= 4 is 28.3 Å². The first kappa shape index (κ1) is 20.0. The van der Waals surface area contributed by atoms with Gasteiger partial charge >= 0.3 is 5.97 Å². The van der Waals surface area contributed by atoms with Crippen LogP contribution in [-0.4, -0.2) is 11.8 Å². The SMILES string of the molecule is Cc1c(N)cccc1/C(N)=N/OC(=O)c1ccc(COc2cccc3ccccc23)o1. The van der Waals surface area contributed by atoms with E-state index in [0.717, 1.165) is 22.1 Å². The zero-order valence-electron chi connectivity index (χ0n) is 16.9. The van der Waals surface area contributed by atoms with E-state index in [0.29, 0.717) is 17.0 Å². The molecule has 156 valence electrons. The molecule has 0 aliphatic carbocycles. The highest BCUT2D eigenvalue weighted by atomic mass is 16.7. The van der Waals surface area contributed by atoms with Crippen LogP contribution in [0.5, 0.6) is 5.75 Å². The highest BCUT2D eigenvalue weighted by Crippen LogP contribution is 2.26. The van der Waals surface area contributed by atoms with Crippen LogP contribution in [0, 0.1) is 6.92 Å². The van der Waals surface area contributed by atoms with Gasteiger partial charge in [0, 0.05) is 16.6 Å². The van der Waals surface area contributed by atoms with Crippen molar-refractivity contribution in [3.63, 3.8) is 0 Å². The van der Waals surface area contributed by atoms with Crippen molar-refractivity contribution < 1.29 is 18.8 Å². The van der Waals surface area contributed by atoms with Crippen molar-refractivity contribution in [1.29, 1.82) is 0 Å². The molecule has 0 amide bonds. The van der Waals surface area contributed by atoms with Crippen LogP contribution in [0.4, 0.5) is 5.69 Å². The number of carbonyl (C=O) groups excluding carboxylic acids is 1. The van der Waals surface area contributed by atoms with Gasteiger partial charge < -0.3 is 25.5 Å². The molecule has 0 fully saturated rings. The molecule has 0 spiro atoms. The average molecular weight is 415 g/mol. The lowest BCUT2D eigenvalue weighted by molar-refractivity contribution is 0.0475. The molecule has 7 nitrogen and oxygen atoms in total. The number of ether oxygens (including phenoxy) is 1. The fraction of sp³-hybridized carbons (Fsp3) is 0.0833. The number of carbonyl (C=O) groups is 1. The number of fused-ring (bicyclic) bond motifs is 1. The molecule has 0 saturated heterocycles. The Hall–Kier alpha value is -4.26. The van der Waals surface area contributed by atoms with Crippen molar-refractivity contribution in [2.75, 3.05) is 5.73 Å². The second-order valence-electron chi connectivity index (χ2n) is 6.91. The zero-order valence-corrected chi connectivity index (χ0v) is 16.9. The summed E-state index contributed by atoms with van der Waals surface area (Å²) >= 11 is 0. The van der Waals surface area contributed by atoms with Gasteiger partial charge in [-0.05, 0) is 42.1 Å². The number of nitrogens with two attached hydrogens (primary N) is 2. The Morgan fingerprint density at radius 1 is 1.00 bits per heavy atom. The minimum atomic E-state index is -0.763. The average Bonchev–Trinajstić information content (AvgIpc) is 3.27. The van der Waals surface area contributed by atoms with Crippen LogP contribution in [0.2, 0.25) is 0 Å². The Bertz CT molecular complexity index is 1270. The molecular weight excluding hydrogens is 394 g/mol. The Labute approximate surface area is 178 Å². The second kappa shape index (κ2) is 8.62. The van der Waals surface area contributed by atoms with Crippen molar-refractivity contribution in [2.24, 2.45) is 10.9 Å². The molecule has 7 heteroatoms. The van der Waals surface area contributed by atoms with E-state index in [-0.39, 0.29) is 18.2 Å². The largest absolute Gasteiger partial charge is 0.485 e. The van der Waals surface area contributed by atoms with Gasteiger partial charge in [0.25, 0.3) is 0 Å². The van der Waals surface area contributed by atoms with E-state index >= 15 is 0 Å². The summed E-state index contributed by atoms with van der Waals surface area (Å²) in [7, 11) is 0. The summed E-state index contributed by atoms with van der Waals surface area (Å²) in [5, 5.41) is 5.78. The first-order valence-electron chi connectivity index (χ1n) is 9.62. The lowest BCUT2D eigenvalue weighted by Crippen LogP contribution is -2.17. The van der Waals surface area contributed by atoms with Gasteiger partial charge in [0.1, 0.15) is 18.1 Å². The number of hydrogen-bond acceptors (Lipinski definition) is 6. The predicted molar refractivity (Wildman–Crippen MR) is 119 cm³/mol. The molecule has 0 aliphatic heterocycles. The van der Waals surface area contributed by atoms with Crippen molar-refractivity contribution in [3.8, 4) is 5.75 Å². The highest BCUT2D eigenvalue weighted by Gasteiger charge is 2.15. The van der Waals surface area contributed by atoms with Gasteiger partial charge in [0.05, 0.1) is 0 Å². The summed E-state index contributed by atoms with van der Waals surface area (Å²) in [6.07, 6.45) is 0. The summed E-state index contributed by atoms with van der Waals surface area (Å²) < 4.78 is 11.4. The third-order valence-electron chi connectivity index (χ3n) is 4.86. The third-order valence-corrected chi connectivity index (χ3v) is 4.86. The maximum Gasteiger partial charge on any atom is 0.400 e. The summed E-state index contributed by atoms with van der Waals surface area (Å²) in [5.41, 5.74) is 13.7. The zero-order chi connectivity index (χ0) is 21.8. The van der Waals surface area contributed by atoms with Gasteiger partial charge in [0.2, 0.25) is 5.76 Å². The van der Waals surface area contributed by atoms with E-state index in [9.17, 15) is 4.79 Å². The number of oxime groups is 1. The van der Waals surface area contributed by atoms with Crippen LogP contribution < -0.4 is 16.2 Å². The van der Waals surface area contributed by atoms with Gasteiger partial charge in [-0.25, -0.2) is 4.79 Å². The van der Waals surface area contributed by atoms with Gasteiger partial charge in [-0.2, -0.15) is 0 Å². The van der Waals surface area contributed by atoms with Gasteiger partial charge in [-0.1, -0.05) is 53.7 Å². The predicted octanol–water partition coefficient (Wildman–Crippen LogP) is 4.38.